The smallest absolute Gasteiger partial charge is 0.410 e. The van der Waals surface area contributed by atoms with Crippen LogP contribution in [0.25, 0.3) is 88.8 Å². The van der Waals surface area contributed by atoms with Gasteiger partial charge < -0.3 is 84.5 Å². The Balaban J connectivity index is 0.000000157. The number of aliphatic carboxylic acids is 1. The Bertz CT molecular complexity index is 5980. The molecule has 6 saturated carbocycles. The first-order chi connectivity index (χ1) is 63.4. The summed E-state index contributed by atoms with van der Waals surface area (Å²) < 4.78 is 24.8. The van der Waals surface area contributed by atoms with Crippen LogP contribution in [0, 0.1) is 46.3 Å². The first-order valence-corrected chi connectivity index (χ1v) is 46.6. The molecule has 4 aliphatic heterocycles. The minimum Gasteiger partial charge on any atom is -0.480 e. The van der Waals surface area contributed by atoms with E-state index < -0.39 is 60.4 Å². The number of ether oxygens (including phenoxy) is 5. The molecule has 10 fully saturated rings. The summed E-state index contributed by atoms with van der Waals surface area (Å²) in [6, 6.07) is 39.9. The summed E-state index contributed by atoms with van der Waals surface area (Å²) in [6.07, 6.45) is 19.9. The van der Waals surface area contributed by atoms with E-state index in [1.54, 1.807) is 0 Å². The molecule has 4 bridgehead atoms. The maximum Gasteiger partial charge on any atom is 0.410 e. The first kappa shape index (κ1) is 90.1. The van der Waals surface area contributed by atoms with Crippen molar-refractivity contribution in [2.24, 2.45) is 46.3 Å². The molecule has 694 valence electrons. The normalized spacial score (nSPS) is 22.8. The van der Waals surface area contributed by atoms with Gasteiger partial charge in [0.2, 0.25) is 24.1 Å². The molecule has 0 radical (unpaired) electrons. The van der Waals surface area contributed by atoms with Crippen LogP contribution in [0.3, 0.4) is 0 Å². The van der Waals surface area contributed by atoms with Crippen molar-refractivity contribution >= 4 is 69.6 Å². The predicted molar refractivity (Wildman–Crippen MR) is 494 cm³/mol. The molecular formula is C101H120N16O15. The van der Waals surface area contributed by atoms with Crippen molar-refractivity contribution in [2.45, 2.75) is 224 Å². The number of carbonyl (C=O) groups is 8. The zero-order valence-corrected chi connectivity index (χ0v) is 76.7. The van der Waals surface area contributed by atoms with Gasteiger partial charge in [0.15, 0.2) is 0 Å². The molecule has 7 amide bonds. The lowest BCUT2D eigenvalue weighted by Gasteiger charge is -2.38. The second-order valence-electron chi connectivity index (χ2n) is 39.9. The number of H-pyrrole nitrogens is 4. The fourth-order valence-corrected chi connectivity index (χ4v) is 21.1. The van der Waals surface area contributed by atoms with Crippen LogP contribution < -0.4 is 21.3 Å². The lowest BCUT2D eigenvalue weighted by Crippen LogP contribution is -2.55. The number of carboxylic acids is 1. The Morgan fingerprint density at radius 3 is 1.21 bits per heavy atom. The fraction of sp³-hybridized carbons (Fsp3) is 0.485. The molecular weight excluding hydrogens is 1680 g/mol. The van der Waals surface area contributed by atoms with Gasteiger partial charge in [0.1, 0.15) is 47.0 Å². The van der Waals surface area contributed by atoms with Gasteiger partial charge in [-0.2, -0.15) is 0 Å². The number of aromatic nitrogens is 8. The largest absolute Gasteiger partial charge is 0.480 e. The third kappa shape index (κ3) is 18.9. The molecule has 6 aliphatic carbocycles. The highest BCUT2D eigenvalue weighted by atomic mass is 16.6. The monoisotopic (exact) mass is 1800 g/mol. The molecule has 10 aliphatic rings. The number of hydrogen-bond donors (Lipinski definition) is 10. The minimum atomic E-state index is -1.21. The van der Waals surface area contributed by atoms with Crippen molar-refractivity contribution in [2.75, 3.05) is 41.5 Å². The Hall–Kier alpha value is -12.5. The number of imidazole rings is 4. The number of alkyl carbamates (subject to hydrolysis) is 3. The van der Waals surface area contributed by atoms with Crippen LogP contribution in [0.5, 0.6) is 0 Å². The number of benzene rings is 6. The predicted octanol–water partition coefficient (Wildman–Crippen LogP) is 16.5. The average Bonchev–Trinajstić information content (AvgIpc) is 1.55. The number of rotatable bonds is 24. The van der Waals surface area contributed by atoms with E-state index in [0.717, 1.165) is 221 Å². The number of aliphatic hydroxyl groups is 1. The van der Waals surface area contributed by atoms with Gasteiger partial charge in [0.25, 0.3) is 0 Å². The zero-order chi connectivity index (χ0) is 92.5. The van der Waals surface area contributed by atoms with E-state index in [1.165, 1.54) is 28.4 Å². The van der Waals surface area contributed by atoms with Crippen molar-refractivity contribution in [1.82, 2.24) is 80.7 Å². The second-order valence-corrected chi connectivity index (χ2v) is 39.9. The molecule has 13 atom stereocenters. The van der Waals surface area contributed by atoms with E-state index in [4.69, 9.17) is 44.0 Å². The van der Waals surface area contributed by atoms with Gasteiger partial charge in [-0.15, -0.1) is 0 Å². The summed E-state index contributed by atoms with van der Waals surface area (Å²) in [5.41, 5.74) is 12.0. The van der Waals surface area contributed by atoms with Crippen molar-refractivity contribution in [3.05, 3.63) is 169 Å². The molecule has 10 aromatic rings. The van der Waals surface area contributed by atoms with E-state index >= 15 is 0 Å². The Kier molecular flexibility index (Phi) is 25.0. The molecule has 6 aromatic carbocycles. The molecule has 2 spiro atoms. The van der Waals surface area contributed by atoms with Gasteiger partial charge in [-0.3, -0.25) is 24.6 Å². The number of aliphatic hydroxyl groups excluding tert-OH is 1. The van der Waals surface area contributed by atoms with E-state index in [2.05, 4.69) is 167 Å². The number of carboxylic acid groups (broad SMARTS) is 1. The van der Waals surface area contributed by atoms with Crippen molar-refractivity contribution < 1.29 is 72.3 Å². The highest BCUT2D eigenvalue weighted by Gasteiger charge is 2.59. The Labute approximate surface area is 766 Å². The summed E-state index contributed by atoms with van der Waals surface area (Å²) in [5.74, 6) is 2.78. The number of carbonyl (C=O) groups excluding carboxylic acids is 7. The molecule has 31 nitrogen and oxygen atoms in total. The summed E-state index contributed by atoms with van der Waals surface area (Å²) in [5, 5.41) is 34.1. The van der Waals surface area contributed by atoms with Crippen LogP contribution in [0.4, 0.5) is 19.2 Å². The SMILES string of the molecule is COC(=O)N[C@H](C(=O)N1[C@@H]2CC[C@@H](C2)[C@H]1c1ncc(-c2ccc3cc(-c4ccc(-c5cnc([C@@H]6CC7(CC7)CN6C(=O)[C@@H](NC(=O)OC)C6CC6)[nH]5)cc4)ccc3c2)[nH]1)C(C)C.COC(=O)N[C@H](C(=O)O)C1CC1.COC(O)N[C@H](C(=O)N1[C@@H]2CC[C@@H](C2)[C@H]1c1ncc(-c2ccc3cc(-c4ccc(-c5cnc([C@@H]6CC7(CC7)CN6C(=O)OC(C)(C)C)[nH]5)cc4)ccc3c2)[nH]1)C(C)C. The number of piperidine rings is 2. The van der Waals surface area contributed by atoms with Crippen molar-refractivity contribution in [3.8, 4) is 67.3 Å². The number of methoxy groups -OCH3 is 4. The molecule has 132 heavy (non-hydrogen) atoms. The minimum absolute atomic E-state index is 0.0217. The summed E-state index contributed by atoms with van der Waals surface area (Å²) in [6.45, 7) is 14.9. The molecule has 8 heterocycles. The number of nitrogens with zero attached hydrogens (tertiary/aromatic N) is 8. The standard InChI is InChI=1S/C48H54N8O6.C46H55N7O5.C7H11NO4/c1-26(2)39(53-46(59)61-3)45(58)56-35-16-15-34(21-35)41(56)43-50-24-37(52-43)33-14-13-31-19-30(11-12-32(31)20-33)27-5-7-28(8-6-27)36-23-49-42(51-36)38-22-48(17-18-48)25-55(38)44(57)40(29-9-10-29)54-47(60)62-4;1-26(2)38(51-43(55)57-6)42(54)53-34-16-15-33(21-34)39(53)41-48-24-36(50-41)32-14-13-30-19-29(11-12-31(30)20-32)27-7-9-28(10-8-27)35-23-47-40(49-35)37-22-46(17-18-46)25-52(37)44(56)58-45(3,4)5;1-12-7(11)8-5(6(9)10)4-2-3-4/h5-8,11-14,19-20,23-24,26,29,34-35,38-41H,9-10,15-18,21-22,25H2,1-4H3,(H,49,51)(H,50,52)(H,53,59)(H,54,60);7-14,19-20,23-24,26,33-34,37-39,43,51,55H,15-18,21-22,25H2,1-6H3,(H,47,49)(H,48,50);4-5H,2-3H2,1H3,(H,8,11)(H,9,10)/t34-,35+,38-,39-,40-,41-;33-,34+,37-,38-,39-,43?;5-/m000/s1. The number of fused-ring (bicyclic) bond motifs is 6. The van der Waals surface area contributed by atoms with Crippen LogP contribution in [-0.2, 0) is 42.9 Å². The zero-order valence-electron chi connectivity index (χ0n) is 76.7. The van der Waals surface area contributed by atoms with Crippen LogP contribution >= 0.6 is 0 Å². The fourth-order valence-electron chi connectivity index (χ4n) is 21.1. The highest BCUT2D eigenvalue weighted by molar-refractivity contribution is 5.93. The molecule has 1 unspecified atom stereocenters. The first-order valence-electron chi connectivity index (χ1n) is 46.6. The van der Waals surface area contributed by atoms with E-state index in [-0.39, 0.29) is 94.6 Å². The molecule has 10 N–H and O–H groups in total. The summed E-state index contributed by atoms with van der Waals surface area (Å²) >= 11 is 0. The van der Waals surface area contributed by atoms with Crippen LogP contribution in [0.1, 0.15) is 199 Å². The molecule has 20 rings (SSSR count). The van der Waals surface area contributed by atoms with E-state index in [9.17, 15) is 43.5 Å². The average molecular weight is 1800 g/mol. The van der Waals surface area contributed by atoms with Crippen molar-refractivity contribution in [1.29, 1.82) is 0 Å². The number of nitrogens with one attached hydrogen (secondary N) is 8. The lowest BCUT2D eigenvalue weighted by atomic mass is 9.95. The number of hydrogen-bond acceptors (Lipinski definition) is 19. The summed E-state index contributed by atoms with van der Waals surface area (Å²) in [7, 11) is 5.26. The molecule has 4 saturated heterocycles. The summed E-state index contributed by atoms with van der Waals surface area (Å²) in [4.78, 5) is 142. The maximum absolute atomic E-state index is 14.0. The number of aromatic amines is 4. The van der Waals surface area contributed by atoms with Gasteiger partial charge in [0, 0.05) is 43.4 Å². The topological polar surface area (TPSA) is 399 Å². The third-order valence-electron chi connectivity index (χ3n) is 29.0. The Morgan fingerprint density at radius 2 is 0.803 bits per heavy atom. The quantitative estimate of drug-likeness (QED) is 0.0198. The van der Waals surface area contributed by atoms with Gasteiger partial charge in [-0.05, 0) is 249 Å². The second kappa shape index (κ2) is 36.6. The van der Waals surface area contributed by atoms with Crippen molar-refractivity contribution in [3.63, 3.8) is 0 Å². The van der Waals surface area contributed by atoms with Gasteiger partial charge in [-0.1, -0.05) is 125 Å². The maximum atomic E-state index is 14.0. The third-order valence-corrected chi connectivity index (χ3v) is 29.0. The van der Waals surface area contributed by atoms with Gasteiger partial charge in [0.05, 0.1) is 99.1 Å². The lowest BCUT2D eigenvalue weighted by molar-refractivity contribution is -0.148. The van der Waals surface area contributed by atoms with E-state index in [0.29, 0.717) is 18.4 Å². The van der Waals surface area contributed by atoms with Crippen LogP contribution in [-0.4, -0.2) is 208 Å². The highest BCUT2D eigenvalue weighted by Crippen LogP contribution is 2.61. The van der Waals surface area contributed by atoms with Crippen LogP contribution in [0.2, 0.25) is 0 Å². The Morgan fingerprint density at radius 1 is 0.439 bits per heavy atom. The van der Waals surface area contributed by atoms with Gasteiger partial charge >= 0.3 is 30.3 Å². The van der Waals surface area contributed by atoms with Crippen LogP contribution in [0.15, 0.2) is 146 Å². The van der Waals surface area contributed by atoms with Gasteiger partial charge in [-0.25, -0.2) is 43.9 Å². The van der Waals surface area contributed by atoms with E-state index in [1.807, 2.05) is 92.9 Å². The number of amides is 7. The molecule has 4 aromatic heterocycles. The molecule has 31 heteroatoms. The number of likely N-dealkylation sites (tertiary alicyclic amines) is 4.